The quantitative estimate of drug-likeness (QED) is 0.765. The Bertz CT molecular complexity index is 238. The number of hydrogen-bond acceptors (Lipinski definition) is 2. The average Bonchev–Trinajstić information content (AvgIpc) is 2.56. The van der Waals surface area contributed by atoms with E-state index in [4.69, 9.17) is 0 Å². The van der Waals surface area contributed by atoms with E-state index in [0.29, 0.717) is 0 Å². The van der Waals surface area contributed by atoms with Crippen LogP contribution in [0.5, 0.6) is 0 Å². The van der Waals surface area contributed by atoms with Gasteiger partial charge in [-0.3, -0.25) is 4.79 Å². The van der Waals surface area contributed by atoms with E-state index in [1.54, 1.807) is 0 Å². The molecule has 1 fully saturated rings. The third-order valence-corrected chi connectivity index (χ3v) is 2.90. The number of carbonyl (C=O) groups excluding carboxylic acids is 1. The Balaban J connectivity index is 0.00000256. The van der Waals surface area contributed by atoms with Gasteiger partial charge in [0.05, 0.1) is 0 Å². The summed E-state index contributed by atoms with van der Waals surface area (Å²) in [6.45, 7) is 11.0. The molecule has 1 heterocycles. The standard InChI is InChI=1S/C13H22N2O.ClH/c1-3-6-12(7-4-2)13(16)15-10-5-8-14-9-11-15;/h3-4,12,14H,1-2,5-11H2;1H. The van der Waals surface area contributed by atoms with E-state index < -0.39 is 0 Å². The van der Waals surface area contributed by atoms with Crippen molar-refractivity contribution >= 4 is 18.3 Å². The molecular weight excluding hydrogens is 236 g/mol. The molecule has 0 spiro atoms. The van der Waals surface area contributed by atoms with Gasteiger partial charge in [0.25, 0.3) is 0 Å². The minimum Gasteiger partial charge on any atom is -0.341 e. The third kappa shape index (κ3) is 5.37. The molecule has 0 saturated carbocycles. The van der Waals surface area contributed by atoms with Crippen LogP contribution in [0.1, 0.15) is 19.3 Å². The van der Waals surface area contributed by atoms with Gasteiger partial charge in [-0.15, -0.1) is 25.6 Å². The number of nitrogens with one attached hydrogen (secondary N) is 1. The molecule has 1 aliphatic heterocycles. The predicted octanol–water partition coefficient (Wildman–Crippen LogP) is 2.00. The number of carbonyl (C=O) groups is 1. The van der Waals surface area contributed by atoms with Crippen LogP contribution in [-0.2, 0) is 4.79 Å². The van der Waals surface area contributed by atoms with Crippen molar-refractivity contribution in [3.8, 4) is 0 Å². The van der Waals surface area contributed by atoms with Crippen molar-refractivity contribution in [2.45, 2.75) is 19.3 Å². The van der Waals surface area contributed by atoms with E-state index in [1.807, 2.05) is 17.1 Å². The van der Waals surface area contributed by atoms with Crippen LogP contribution < -0.4 is 5.32 Å². The molecule has 0 atom stereocenters. The summed E-state index contributed by atoms with van der Waals surface area (Å²) < 4.78 is 0. The Morgan fingerprint density at radius 2 is 1.88 bits per heavy atom. The zero-order valence-electron chi connectivity index (χ0n) is 10.4. The molecule has 1 amide bonds. The van der Waals surface area contributed by atoms with Crippen LogP contribution in [-0.4, -0.2) is 37.0 Å². The highest BCUT2D eigenvalue weighted by molar-refractivity contribution is 5.85. The van der Waals surface area contributed by atoms with E-state index in [0.717, 1.165) is 45.4 Å². The number of rotatable bonds is 5. The second kappa shape index (κ2) is 9.25. The number of nitrogens with zero attached hydrogens (tertiary/aromatic N) is 1. The van der Waals surface area contributed by atoms with Crippen molar-refractivity contribution in [3.05, 3.63) is 25.3 Å². The maximum absolute atomic E-state index is 12.2. The fraction of sp³-hybridized carbons (Fsp3) is 0.615. The Morgan fingerprint density at radius 1 is 1.24 bits per heavy atom. The lowest BCUT2D eigenvalue weighted by Gasteiger charge is -2.24. The smallest absolute Gasteiger partial charge is 0.226 e. The van der Waals surface area contributed by atoms with Crippen molar-refractivity contribution < 1.29 is 4.79 Å². The van der Waals surface area contributed by atoms with Gasteiger partial charge in [-0.05, 0) is 25.8 Å². The van der Waals surface area contributed by atoms with Gasteiger partial charge in [0.1, 0.15) is 0 Å². The lowest BCUT2D eigenvalue weighted by atomic mass is 9.99. The van der Waals surface area contributed by atoms with E-state index >= 15 is 0 Å². The molecule has 1 saturated heterocycles. The molecule has 0 aromatic rings. The van der Waals surface area contributed by atoms with Crippen LogP contribution in [0.15, 0.2) is 25.3 Å². The van der Waals surface area contributed by atoms with Crippen molar-refractivity contribution in [2.24, 2.45) is 5.92 Å². The Morgan fingerprint density at radius 3 is 2.47 bits per heavy atom. The summed E-state index contributed by atoms with van der Waals surface area (Å²) in [6, 6.07) is 0. The summed E-state index contributed by atoms with van der Waals surface area (Å²) in [5.74, 6) is 0.289. The summed E-state index contributed by atoms with van der Waals surface area (Å²) in [4.78, 5) is 14.2. The maximum atomic E-state index is 12.2. The first kappa shape index (κ1) is 16.2. The van der Waals surface area contributed by atoms with Crippen LogP contribution in [0, 0.1) is 5.92 Å². The molecule has 1 aliphatic rings. The molecule has 1 N–H and O–H groups in total. The summed E-state index contributed by atoms with van der Waals surface area (Å²) in [5.41, 5.74) is 0. The van der Waals surface area contributed by atoms with E-state index in [-0.39, 0.29) is 24.2 Å². The topological polar surface area (TPSA) is 32.3 Å². The van der Waals surface area contributed by atoms with Crippen LogP contribution >= 0.6 is 12.4 Å². The zero-order valence-corrected chi connectivity index (χ0v) is 11.2. The molecule has 98 valence electrons. The molecule has 0 unspecified atom stereocenters. The summed E-state index contributed by atoms with van der Waals surface area (Å²) in [7, 11) is 0. The second-order valence-corrected chi connectivity index (χ2v) is 4.17. The van der Waals surface area contributed by atoms with Crippen LogP contribution in [0.3, 0.4) is 0 Å². The lowest BCUT2D eigenvalue weighted by Crippen LogP contribution is -2.38. The molecule has 0 aliphatic carbocycles. The average molecular weight is 259 g/mol. The van der Waals surface area contributed by atoms with Gasteiger partial charge in [0.15, 0.2) is 0 Å². The molecule has 1 rings (SSSR count). The molecule has 0 aromatic heterocycles. The molecule has 0 aromatic carbocycles. The Labute approximate surface area is 110 Å². The summed E-state index contributed by atoms with van der Waals surface area (Å²) in [5, 5.41) is 3.30. The minimum absolute atomic E-state index is 0. The lowest BCUT2D eigenvalue weighted by molar-refractivity contribution is -0.135. The van der Waals surface area contributed by atoms with Crippen molar-refractivity contribution in [2.75, 3.05) is 26.2 Å². The number of allylic oxidation sites excluding steroid dienone is 2. The first-order chi connectivity index (χ1) is 7.79. The maximum Gasteiger partial charge on any atom is 0.226 e. The molecule has 17 heavy (non-hydrogen) atoms. The molecule has 4 heteroatoms. The number of hydrogen-bond donors (Lipinski definition) is 1. The van der Waals surface area contributed by atoms with Gasteiger partial charge in [-0.25, -0.2) is 0 Å². The van der Waals surface area contributed by atoms with Gasteiger partial charge < -0.3 is 10.2 Å². The molecule has 0 radical (unpaired) electrons. The predicted molar refractivity (Wildman–Crippen MR) is 74.4 cm³/mol. The number of amides is 1. The Hall–Kier alpha value is -0.800. The fourth-order valence-corrected chi connectivity index (χ4v) is 2.02. The third-order valence-electron chi connectivity index (χ3n) is 2.90. The Kier molecular flexibility index (Phi) is 8.82. The van der Waals surface area contributed by atoms with Gasteiger partial charge in [-0.1, -0.05) is 12.2 Å². The van der Waals surface area contributed by atoms with Gasteiger partial charge >= 0.3 is 0 Å². The highest BCUT2D eigenvalue weighted by atomic mass is 35.5. The minimum atomic E-state index is 0. The SMILES string of the molecule is C=CCC(CC=C)C(=O)N1CCCNCC1.Cl. The van der Waals surface area contributed by atoms with Crippen molar-refractivity contribution in [3.63, 3.8) is 0 Å². The molecular formula is C13H23ClN2O. The zero-order chi connectivity index (χ0) is 11.8. The van der Waals surface area contributed by atoms with E-state index in [9.17, 15) is 4.79 Å². The van der Waals surface area contributed by atoms with Crippen LogP contribution in [0.25, 0.3) is 0 Å². The second-order valence-electron chi connectivity index (χ2n) is 4.17. The fourth-order valence-electron chi connectivity index (χ4n) is 2.02. The number of halogens is 1. The van der Waals surface area contributed by atoms with Gasteiger partial charge in [0, 0.05) is 25.6 Å². The van der Waals surface area contributed by atoms with Gasteiger partial charge in [-0.2, -0.15) is 0 Å². The first-order valence-corrected chi connectivity index (χ1v) is 6.01. The highest BCUT2D eigenvalue weighted by Crippen LogP contribution is 2.14. The monoisotopic (exact) mass is 258 g/mol. The van der Waals surface area contributed by atoms with Crippen LogP contribution in [0.2, 0.25) is 0 Å². The van der Waals surface area contributed by atoms with Crippen molar-refractivity contribution in [1.29, 1.82) is 0 Å². The van der Waals surface area contributed by atoms with Crippen molar-refractivity contribution in [1.82, 2.24) is 10.2 Å². The van der Waals surface area contributed by atoms with Gasteiger partial charge in [0.2, 0.25) is 5.91 Å². The normalized spacial score (nSPS) is 15.9. The van der Waals surface area contributed by atoms with E-state index in [1.165, 1.54) is 0 Å². The van der Waals surface area contributed by atoms with E-state index in [2.05, 4.69) is 18.5 Å². The largest absolute Gasteiger partial charge is 0.341 e. The highest BCUT2D eigenvalue weighted by Gasteiger charge is 2.22. The first-order valence-electron chi connectivity index (χ1n) is 6.01. The summed E-state index contributed by atoms with van der Waals surface area (Å²) >= 11 is 0. The molecule has 0 bridgehead atoms. The van der Waals surface area contributed by atoms with Crippen LogP contribution in [0.4, 0.5) is 0 Å². The molecule has 3 nitrogen and oxygen atoms in total. The summed E-state index contributed by atoms with van der Waals surface area (Å²) in [6.07, 6.45) is 6.18.